The quantitative estimate of drug-likeness (QED) is 0.656. The third-order valence-corrected chi connectivity index (χ3v) is 3.17. The van der Waals surface area contributed by atoms with E-state index in [-0.39, 0.29) is 12.6 Å². The predicted octanol–water partition coefficient (Wildman–Crippen LogP) is 2.71. The molecule has 1 heterocycles. The Balaban J connectivity index is 2.67. The molecular weight excluding hydrogens is 165 g/mol. The summed E-state index contributed by atoms with van der Waals surface area (Å²) in [6.07, 6.45) is 1.04. The Morgan fingerprint density at radius 1 is 1.31 bits per heavy atom. The normalized spacial score (nSPS) is 30.7. The molecule has 0 saturated carbocycles. The molecule has 2 heteroatoms. The summed E-state index contributed by atoms with van der Waals surface area (Å²) < 4.78 is 12.7. The molecule has 0 amide bonds. The lowest BCUT2D eigenvalue weighted by atomic mass is 9.92. The van der Waals surface area contributed by atoms with E-state index in [4.69, 9.17) is 0 Å². The zero-order chi connectivity index (χ0) is 10.0. The molecule has 0 aliphatic carbocycles. The van der Waals surface area contributed by atoms with E-state index in [0.29, 0.717) is 18.0 Å². The molecule has 13 heavy (non-hydrogen) atoms. The highest BCUT2D eigenvalue weighted by Crippen LogP contribution is 2.31. The second-order valence-electron chi connectivity index (χ2n) is 4.77. The zero-order valence-electron chi connectivity index (χ0n) is 9.26. The smallest absolute Gasteiger partial charge is 0.0938 e. The van der Waals surface area contributed by atoms with Crippen molar-refractivity contribution in [2.75, 3.05) is 13.2 Å². The van der Waals surface area contributed by atoms with Crippen molar-refractivity contribution in [2.24, 2.45) is 11.8 Å². The van der Waals surface area contributed by atoms with Crippen LogP contribution in [0.1, 0.15) is 34.1 Å². The van der Waals surface area contributed by atoms with Crippen LogP contribution in [0.2, 0.25) is 0 Å². The Kier molecular flexibility index (Phi) is 3.72. The average molecular weight is 187 g/mol. The van der Waals surface area contributed by atoms with Crippen LogP contribution < -0.4 is 0 Å². The molecule has 1 aliphatic rings. The maximum Gasteiger partial charge on any atom is 0.0938 e. The summed E-state index contributed by atoms with van der Waals surface area (Å²) in [4.78, 5) is 2.45. The highest BCUT2D eigenvalue weighted by Gasteiger charge is 2.36. The lowest BCUT2D eigenvalue weighted by molar-refractivity contribution is 0.130. The summed E-state index contributed by atoms with van der Waals surface area (Å²) in [5.41, 5.74) is 0. The van der Waals surface area contributed by atoms with Crippen molar-refractivity contribution in [3.63, 3.8) is 0 Å². The van der Waals surface area contributed by atoms with Crippen LogP contribution in [-0.4, -0.2) is 30.2 Å². The highest BCUT2D eigenvalue weighted by molar-refractivity contribution is 4.90. The highest BCUT2D eigenvalue weighted by atomic mass is 19.1. The fourth-order valence-electron chi connectivity index (χ4n) is 2.60. The molecule has 0 bridgehead atoms. The third kappa shape index (κ3) is 2.22. The first-order valence-corrected chi connectivity index (χ1v) is 5.39. The van der Waals surface area contributed by atoms with E-state index in [1.54, 1.807) is 0 Å². The zero-order valence-corrected chi connectivity index (χ0v) is 9.26. The van der Waals surface area contributed by atoms with E-state index in [1.165, 1.54) is 0 Å². The van der Waals surface area contributed by atoms with Gasteiger partial charge in [0.1, 0.15) is 0 Å². The molecule has 0 spiro atoms. The average Bonchev–Trinajstić information content (AvgIpc) is 2.46. The molecule has 2 atom stereocenters. The van der Waals surface area contributed by atoms with E-state index >= 15 is 0 Å². The minimum Gasteiger partial charge on any atom is -0.297 e. The Bertz CT molecular complexity index is 156. The van der Waals surface area contributed by atoms with E-state index < -0.39 is 0 Å². The van der Waals surface area contributed by atoms with Gasteiger partial charge in [-0.15, -0.1) is 0 Å². The summed E-state index contributed by atoms with van der Waals surface area (Å²) >= 11 is 0. The monoisotopic (exact) mass is 187 g/mol. The molecular formula is C11H22FN. The van der Waals surface area contributed by atoms with Crippen molar-refractivity contribution in [1.82, 2.24) is 4.90 Å². The molecule has 1 aliphatic heterocycles. The van der Waals surface area contributed by atoms with Gasteiger partial charge >= 0.3 is 0 Å². The van der Waals surface area contributed by atoms with Crippen molar-refractivity contribution in [3.8, 4) is 0 Å². The number of alkyl halides is 1. The molecule has 1 saturated heterocycles. The minimum atomic E-state index is -0.147. The van der Waals surface area contributed by atoms with Crippen LogP contribution in [0.5, 0.6) is 0 Å². The molecule has 0 aromatic rings. The van der Waals surface area contributed by atoms with Gasteiger partial charge in [0, 0.05) is 18.0 Å². The fraction of sp³-hybridized carbons (Fsp3) is 1.00. The van der Waals surface area contributed by atoms with E-state index in [2.05, 4.69) is 32.6 Å². The first kappa shape index (κ1) is 11.0. The van der Waals surface area contributed by atoms with Gasteiger partial charge in [-0.3, -0.25) is 9.29 Å². The summed E-state index contributed by atoms with van der Waals surface area (Å²) in [6, 6.07) is 1.02. The number of rotatable bonds is 3. The van der Waals surface area contributed by atoms with Gasteiger partial charge in [-0.1, -0.05) is 13.8 Å². The lowest BCUT2D eigenvalue weighted by Gasteiger charge is -2.33. The van der Waals surface area contributed by atoms with E-state index in [0.717, 1.165) is 13.0 Å². The first-order valence-electron chi connectivity index (χ1n) is 5.39. The van der Waals surface area contributed by atoms with Gasteiger partial charge in [0.15, 0.2) is 0 Å². The van der Waals surface area contributed by atoms with Crippen LogP contribution >= 0.6 is 0 Å². The van der Waals surface area contributed by atoms with Gasteiger partial charge in [-0.2, -0.15) is 0 Å². The fourth-order valence-corrected chi connectivity index (χ4v) is 2.60. The summed E-state index contributed by atoms with van der Waals surface area (Å²) in [6.45, 7) is 9.75. The number of nitrogens with zero attached hydrogens (tertiary/aromatic N) is 1. The first-order chi connectivity index (χ1) is 6.07. The van der Waals surface area contributed by atoms with Crippen molar-refractivity contribution >= 4 is 0 Å². The van der Waals surface area contributed by atoms with Gasteiger partial charge < -0.3 is 0 Å². The molecule has 1 nitrogen and oxygen atoms in total. The molecule has 78 valence electrons. The maximum absolute atomic E-state index is 12.7. The van der Waals surface area contributed by atoms with E-state index in [1.807, 2.05) is 0 Å². The number of hydrogen-bond donors (Lipinski definition) is 0. The van der Waals surface area contributed by atoms with Crippen molar-refractivity contribution in [2.45, 2.75) is 46.2 Å². The number of hydrogen-bond acceptors (Lipinski definition) is 1. The van der Waals surface area contributed by atoms with Crippen molar-refractivity contribution in [3.05, 3.63) is 0 Å². The second kappa shape index (κ2) is 4.41. The maximum atomic E-state index is 12.7. The summed E-state index contributed by atoms with van der Waals surface area (Å²) in [5.74, 6) is 0.855. The van der Waals surface area contributed by atoms with Gasteiger partial charge in [-0.05, 0) is 32.7 Å². The Labute approximate surface area is 81.3 Å². The van der Waals surface area contributed by atoms with Gasteiger partial charge in [0.25, 0.3) is 0 Å². The number of likely N-dealkylation sites (tertiary alicyclic amines) is 1. The molecule has 0 aromatic carbocycles. The topological polar surface area (TPSA) is 3.24 Å². The minimum absolute atomic E-state index is 0.147. The van der Waals surface area contributed by atoms with Gasteiger partial charge in [0.05, 0.1) is 6.67 Å². The van der Waals surface area contributed by atoms with Crippen molar-refractivity contribution in [1.29, 1.82) is 0 Å². The van der Waals surface area contributed by atoms with Crippen LogP contribution in [-0.2, 0) is 0 Å². The summed E-state index contributed by atoms with van der Waals surface area (Å²) in [7, 11) is 0. The standard InChI is InChI=1S/C11H22FN/c1-8(2)11-10(7-12)5-6-13(11)9(3)4/h8-11H,5-7H2,1-4H3. The largest absolute Gasteiger partial charge is 0.297 e. The lowest BCUT2D eigenvalue weighted by Crippen LogP contribution is -2.41. The van der Waals surface area contributed by atoms with Crippen LogP contribution in [0.4, 0.5) is 4.39 Å². The van der Waals surface area contributed by atoms with Gasteiger partial charge in [0.2, 0.25) is 0 Å². The molecule has 0 N–H and O–H groups in total. The van der Waals surface area contributed by atoms with Crippen LogP contribution in [0.15, 0.2) is 0 Å². The predicted molar refractivity (Wildman–Crippen MR) is 54.6 cm³/mol. The second-order valence-corrected chi connectivity index (χ2v) is 4.77. The number of halogens is 1. The van der Waals surface area contributed by atoms with Crippen LogP contribution in [0.25, 0.3) is 0 Å². The molecule has 0 radical (unpaired) electrons. The molecule has 2 unspecified atom stereocenters. The Hall–Kier alpha value is -0.110. The molecule has 1 rings (SSSR count). The van der Waals surface area contributed by atoms with Crippen LogP contribution in [0, 0.1) is 11.8 Å². The molecule has 0 aromatic heterocycles. The van der Waals surface area contributed by atoms with Gasteiger partial charge in [-0.25, -0.2) is 0 Å². The SMILES string of the molecule is CC(C)C1C(CF)CCN1C(C)C. The Morgan fingerprint density at radius 3 is 2.31 bits per heavy atom. The van der Waals surface area contributed by atoms with Crippen LogP contribution in [0.3, 0.4) is 0 Å². The molecule has 1 fully saturated rings. The Morgan fingerprint density at radius 2 is 1.92 bits per heavy atom. The van der Waals surface area contributed by atoms with Crippen molar-refractivity contribution < 1.29 is 4.39 Å². The third-order valence-electron chi connectivity index (χ3n) is 3.17. The van der Waals surface area contributed by atoms with E-state index in [9.17, 15) is 4.39 Å². The summed E-state index contributed by atoms with van der Waals surface area (Å²) in [5, 5.41) is 0.